The fraction of sp³-hybridized carbons (Fsp3) is 0.286. The van der Waals surface area contributed by atoms with Crippen LogP contribution in [0.5, 0.6) is 0 Å². The van der Waals surface area contributed by atoms with Crippen molar-refractivity contribution in [2.75, 3.05) is 5.73 Å². The molecule has 3 N–H and O–H groups in total. The molecule has 1 amide bonds. The number of hydrogen-bond donors (Lipinski definition) is 2. The monoisotopic (exact) mass is 259 g/mol. The molecule has 2 rings (SSSR count). The minimum Gasteiger partial charge on any atom is -0.466 e. The van der Waals surface area contributed by atoms with Crippen LogP contribution >= 0.6 is 0 Å². The highest BCUT2D eigenvalue weighted by Crippen LogP contribution is 2.22. The lowest BCUT2D eigenvalue weighted by Crippen LogP contribution is -2.27. The molecule has 2 aromatic rings. The van der Waals surface area contributed by atoms with Crippen molar-refractivity contribution >= 4 is 11.6 Å². The maximum Gasteiger partial charge on any atom is 0.253 e. The van der Waals surface area contributed by atoms with Crippen molar-refractivity contribution in [3.05, 3.63) is 47.2 Å². The van der Waals surface area contributed by atoms with Crippen molar-refractivity contribution in [3.8, 4) is 0 Å². The number of carbonyl (C=O) groups excluding carboxylic acids is 1. The van der Waals surface area contributed by atoms with Gasteiger partial charge in [-0.3, -0.25) is 9.78 Å². The number of aryl methyl sites for hydroxylation is 2. The van der Waals surface area contributed by atoms with E-state index in [2.05, 4.69) is 10.3 Å². The molecule has 5 heteroatoms. The van der Waals surface area contributed by atoms with Gasteiger partial charge in [-0.25, -0.2) is 0 Å². The Bertz CT molecular complexity index is 604. The minimum atomic E-state index is -0.217. The molecular formula is C14H17N3O2. The van der Waals surface area contributed by atoms with Crippen molar-refractivity contribution in [2.24, 2.45) is 0 Å². The van der Waals surface area contributed by atoms with Crippen LogP contribution in [-0.4, -0.2) is 10.9 Å². The molecule has 1 unspecified atom stereocenters. The van der Waals surface area contributed by atoms with E-state index in [0.717, 1.165) is 17.1 Å². The van der Waals surface area contributed by atoms with E-state index in [1.807, 2.05) is 26.8 Å². The number of nitrogen functional groups attached to an aromatic ring is 1. The molecule has 0 radical (unpaired) electrons. The highest BCUT2D eigenvalue weighted by molar-refractivity contribution is 5.99. The van der Waals surface area contributed by atoms with Gasteiger partial charge in [0.2, 0.25) is 0 Å². The van der Waals surface area contributed by atoms with E-state index in [9.17, 15) is 4.79 Å². The van der Waals surface area contributed by atoms with Crippen LogP contribution in [0.25, 0.3) is 0 Å². The Kier molecular flexibility index (Phi) is 3.55. The zero-order chi connectivity index (χ0) is 14.0. The molecule has 19 heavy (non-hydrogen) atoms. The zero-order valence-electron chi connectivity index (χ0n) is 11.2. The Morgan fingerprint density at radius 3 is 2.79 bits per heavy atom. The van der Waals surface area contributed by atoms with Gasteiger partial charge in [-0.15, -0.1) is 0 Å². The largest absolute Gasteiger partial charge is 0.466 e. The summed E-state index contributed by atoms with van der Waals surface area (Å²) in [5, 5.41) is 2.90. The molecule has 5 nitrogen and oxygen atoms in total. The van der Waals surface area contributed by atoms with E-state index in [1.54, 1.807) is 12.3 Å². The third-order valence-electron chi connectivity index (χ3n) is 2.99. The number of carbonyl (C=O) groups is 1. The molecule has 0 bridgehead atoms. The van der Waals surface area contributed by atoms with Crippen molar-refractivity contribution < 1.29 is 9.21 Å². The normalized spacial score (nSPS) is 12.2. The second kappa shape index (κ2) is 5.14. The quantitative estimate of drug-likeness (QED) is 0.886. The summed E-state index contributed by atoms with van der Waals surface area (Å²) in [4.78, 5) is 16.0. The summed E-state index contributed by atoms with van der Waals surface area (Å²) in [6.07, 6.45) is 3.01. The lowest BCUT2D eigenvalue weighted by molar-refractivity contribution is 0.0940. The van der Waals surface area contributed by atoms with Gasteiger partial charge in [0.1, 0.15) is 11.5 Å². The van der Waals surface area contributed by atoms with E-state index in [1.165, 1.54) is 6.20 Å². The molecule has 0 spiro atoms. The highest BCUT2D eigenvalue weighted by atomic mass is 16.3. The summed E-state index contributed by atoms with van der Waals surface area (Å²) >= 11 is 0. The number of nitrogens with one attached hydrogen (secondary N) is 1. The minimum absolute atomic E-state index is 0.141. The van der Waals surface area contributed by atoms with E-state index in [-0.39, 0.29) is 11.9 Å². The third kappa shape index (κ3) is 2.76. The number of rotatable bonds is 3. The van der Waals surface area contributed by atoms with Crippen molar-refractivity contribution in [1.29, 1.82) is 0 Å². The first-order valence-corrected chi connectivity index (χ1v) is 6.06. The van der Waals surface area contributed by atoms with Gasteiger partial charge in [-0.2, -0.15) is 0 Å². The molecular weight excluding hydrogens is 242 g/mol. The topological polar surface area (TPSA) is 81.2 Å². The number of nitrogens with zero attached hydrogens (tertiary/aromatic N) is 1. The van der Waals surface area contributed by atoms with Crippen LogP contribution < -0.4 is 11.1 Å². The van der Waals surface area contributed by atoms with Crippen LogP contribution in [0.15, 0.2) is 28.9 Å². The van der Waals surface area contributed by atoms with Gasteiger partial charge >= 0.3 is 0 Å². The van der Waals surface area contributed by atoms with Crippen LogP contribution in [0.2, 0.25) is 0 Å². The molecule has 1 atom stereocenters. The number of nitrogens with two attached hydrogens (primary N) is 1. The van der Waals surface area contributed by atoms with Crippen LogP contribution in [0.1, 0.15) is 40.4 Å². The Hall–Kier alpha value is -2.30. The van der Waals surface area contributed by atoms with E-state index in [4.69, 9.17) is 10.2 Å². The molecule has 0 aliphatic heterocycles. The number of amides is 1. The predicted octanol–water partition coefficient (Wildman–Crippen LogP) is 2.36. The number of anilines is 1. The fourth-order valence-corrected chi connectivity index (χ4v) is 2.05. The molecule has 0 aliphatic rings. The predicted molar refractivity (Wildman–Crippen MR) is 72.7 cm³/mol. The molecule has 0 fully saturated rings. The van der Waals surface area contributed by atoms with E-state index < -0.39 is 0 Å². The molecule has 2 heterocycles. The second-order valence-electron chi connectivity index (χ2n) is 4.53. The van der Waals surface area contributed by atoms with E-state index in [0.29, 0.717) is 11.3 Å². The van der Waals surface area contributed by atoms with Crippen LogP contribution in [0.3, 0.4) is 0 Å². The number of pyridine rings is 1. The van der Waals surface area contributed by atoms with Gasteiger partial charge in [0, 0.05) is 11.8 Å². The van der Waals surface area contributed by atoms with Crippen LogP contribution in [0.4, 0.5) is 5.69 Å². The summed E-state index contributed by atoms with van der Waals surface area (Å²) in [7, 11) is 0. The summed E-state index contributed by atoms with van der Waals surface area (Å²) in [6, 6.07) is 3.39. The van der Waals surface area contributed by atoms with Gasteiger partial charge in [0.05, 0.1) is 23.5 Å². The van der Waals surface area contributed by atoms with Gasteiger partial charge in [0.15, 0.2) is 0 Å². The van der Waals surface area contributed by atoms with Crippen molar-refractivity contribution in [1.82, 2.24) is 10.3 Å². The molecule has 100 valence electrons. The Balaban J connectivity index is 2.15. The summed E-state index contributed by atoms with van der Waals surface area (Å²) in [5.41, 5.74) is 7.50. The molecule has 0 saturated heterocycles. The number of hydrogen-bond acceptors (Lipinski definition) is 4. The number of furan rings is 1. The second-order valence-corrected chi connectivity index (χ2v) is 4.53. The average Bonchev–Trinajstić information content (AvgIpc) is 2.69. The standard InChI is InChI=1S/C14H17N3O2/c1-8-6-12(10(3)19-8)9(2)17-14(18)11-4-5-16-7-13(11)15/h4-7,9H,15H2,1-3H3,(H,17,18). The smallest absolute Gasteiger partial charge is 0.253 e. The fourth-order valence-electron chi connectivity index (χ4n) is 2.05. The van der Waals surface area contributed by atoms with Crippen molar-refractivity contribution in [2.45, 2.75) is 26.8 Å². The molecule has 0 saturated carbocycles. The maximum atomic E-state index is 12.1. The SMILES string of the molecule is Cc1cc(C(C)NC(=O)c2ccncc2N)c(C)o1. The summed E-state index contributed by atoms with van der Waals surface area (Å²) < 4.78 is 5.46. The molecule has 0 aromatic carbocycles. The molecule has 0 aliphatic carbocycles. The van der Waals surface area contributed by atoms with Crippen molar-refractivity contribution in [3.63, 3.8) is 0 Å². The Morgan fingerprint density at radius 1 is 1.47 bits per heavy atom. The zero-order valence-corrected chi connectivity index (χ0v) is 11.2. The van der Waals surface area contributed by atoms with E-state index >= 15 is 0 Å². The first-order chi connectivity index (χ1) is 8.99. The Morgan fingerprint density at radius 2 is 2.21 bits per heavy atom. The van der Waals surface area contributed by atoms with Gasteiger partial charge in [-0.1, -0.05) is 0 Å². The number of aromatic nitrogens is 1. The first kappa shape index (κ1) is 13.1. The third-order valence-corrected chi connectivity index (χ3v) is 2.99. The van der Waals surface area contributed by atoms with Gasteiger partial charge in [0.25, 0.3) is 5.91 Å². The van der Waals surface area contributed by atoms with Crippen LogP contribution in [0, 0.1) is 13.8 Å². The van der Waals surface area contributed by atoms with Gasteiger partial charge in [-0.05, 0) is 32.9 Å². The lowest BCUT2D eigenvalue weighted by atomic mass is 10.1. The van der Waals surface area contributed by atoms with Gasteiger partial charge < -0.3 is 15.5 Å². The summed E-state index contributed by atoms with van der Waals surface area (Å²) in [5.74, 6) is 1.43. The maximum absolute atomic E-state index is 12.1. The first-order valence-electron chi connectivity index (χ1n) is 6.06. The summed E-state index contributed by atoms with van der Waals surface area (Å²) in [6.45, 7) is 5.67. The highest BCUT2D eigenvalue weighted by Gasteiger charge is 2.17. The Labute approximate surface area is 111 Å². The average molecular weight is 259 g/mol. The van der Waals surface area contributed by atoms with Crippen LogP contribution in [-0.2, 0) is 0 Å². The molecule has 2 aromatic heterocycles. The lowest BCUT2D eigenvalue weighted by Gasteiger charge is -2.14.